The zero-order chi connectivity index (χ0) is 18.1. The minimum absolute atomic E-state index is 0.0540. The van der Waals surface area contributed by atoms with Gasteiger partial charge in [0.2, 0.25) is 5.91 Å². The maximum absolute atomic E-state index is 12.8. The number of rotatable bonds is 3. The second kappa shape index (κ2) is 7.20. The van der Waals surface area contributed by atoms with Crippen molar-refractivity contribution in [3.63, 3.8) is 0 Å². The minimum atomic E-state index is -4.19. The zero-order valence-corrected chi connectivity index (χ0v) is 15.2. The van der Waals surface area contributed by atoms with Crippen LogP contribution in [0.1, 0.15) is 40.5 Å². The van der Waals surface area contributed by atoms with Crippen molar-refractivity contribution in [1.82, 2.24) is 14.7 Å². The molecule has 2 saturated heterocycles. The second-order valence-corrected chi connectivity index (χ2v) is 8.27. The lowest BCUT2D eigenvalue weighted by atomic mass is 9.93. The van der Waals surface area contributed by atoms with Crippen molar-refractivity contribution in [3.8, 4) is 0 Å². The summed E-state index contributed by atoms with van der Waals surface area (Å²) in [7, 11) is 0. The molecule has 0 bridgehead atoms. The molecule has 2 aliphatic rings. The van der Waals surface area contributed by atoms with Gasteiger partial charge >= 0.3 is 6.18 Å². The molecule has 2 rings (SSSR count). The van der Waals surface area contributed by atoms with Crippen molar-refractivity contribution in [2.45, 2.75) is 58.8 Å². The smallest absolute Gasteiger partial charge is 0.341 e. The molecule has 0 saturated carbocycles. The maximum atomic E-state index is 12.8. The first kappa shape index (κ1) is 19.5. The van der Waals surface area contributed by atoms with Crippen LogP contribution in [0, 0.1) is 5.41 Å². The van der Waals surface area contributed by atoms with Gasteiger partial charge in [0.05, 0.1) is 6.04 Å². The number of piperazine rings is 1. The summed E-state index contributed by atoms with van der Waals surface area (Å²) < 4.78 is 38.5. The summed E-state index contributed by atoms with van der Waals surface area (Å²) in [6, 6.07) is -1.58. The van der Waals surface area contributed by atoms with Crippen LogP contribution in [0.25, 0.3) is 0 Å². The summed E-state index contributed by atoms with van der Waals surface area (Å²) in [5.74, 6) is 0.147. The van der Waals surface area contributed by atoms with E-state index in [-0.39, 0.29) is 17.4 Å². The molecule has 1 amide bonds. The molecule has 4 nitrogen and oxygen atoms in total. The van der Waals surface area contributed by atoms with E-state index in [0.29, 0.717) is 26.2 Å². The lowest BCUT2D eigenvalue weighted by Gasteiger charge is -2.44. The number of likely N-dealkylation sites (tertiary alicyclic amines) is 1. The van der Waals surface area contributed by atoms with Crippen LogP contribution in [0.5, 0.6) is 0 Å². The van der Waals surface area contributed by atoms with Crippen molar-refractivity contribution in [2.75, 3.05) is 39.3 Å². The SMILES string of the molecule is C[C@@H](N1CCN([C@@H]2CCCN(CC(C)(C)C)C2=O)CC1)C(F)(F)F. The predicted octanol–water partition coefficient (Wildman–Crippen LogP) is 2.59. The van der Waals surface area contributed by atoms with Crippen molar-refractivity contribution in [3.05, 3.63) is 0 Å². The number of alkyl halides is 3. The van der Waals surface area contributed by atoms with E-state index in [9.17, 15) is 18.0 Å². The Morgan fingerprint density at radius 1 is 1.08 bits per heavy atom. The van der Waals surface area contributed by atoms with E-state index >= 15 is 0 Å². The Kier molecular flexibility index (Phi) is 5.85. The molecule has 2 fully saturated rings. The fourth-order valence-corrected chi connectivity index (χ4v) is 3.63. The van der Waals surface area contributed by atoms with Gasteiger partial charge in [-0.15, -0.1) is 0 Å². The van der Waals surface area contributed by atoms with Crippen LogP contribution in [0.2, 0.25) is 0 Å². The molecule has 0 aromatic carbocycles. The van der Waals surface area contributed by atoms with Crippen molar-refractivity contribution < 1.29 is 18.0 Å². The highest BCUT2D eigenvalue weighted by atomic mass is 19.4. The third-order valence-corrected chi connectivity index (χ3v) is 4.98. The molecule has 140 valence electrons. The van der Waals surface area contributed by atoms with Gasteiger partial charge in [0.1, 0.15) is 6.04 Å². The topological polar surface area (TPSA) is 26.8 Å². The van der Waals surface area contributed by atoms with Crippen LogP contribution < -0.4 is 0 Å². The maximum Gasteiger partial charge on any atom is 0.403 e. The van der Waals surface area contributed by atoms with Gasteiger partial charge < -0.3 is 4.90 Å². The van der Waals surface area contributed by atoms with E-state index in [2.05, 4.69) is 25.7 Å². The van der Waals surface area contributed by atoms with Crippen LogP contribution in [0.15, 0.2) is 0 Å². The lowest BCUT2D eigenvalue weighted by Crippen LogP contribution is -2.60. The summed E-state index contributed by atoms with van der Waals surface area (Å²) in [5, 5.41) is 0. The minimum Gasteiger partial charge on any atom is -0.341 e. The fraction of sp³-hybridized carbons (Fsp3) is 0.941. The van der Waals surface area contributed by atoms with Gasteiger partial charge in [-0.3, -0.25) is 14.6 Å². The molecule has 24 heavy (non-hydrogen) atoms. The van der Waals surface area contributed by atoms with Gasteiger partial charge in [-0.2, -0.15) is 13.2 Å². The average molecular weight is 349 g/mol. The number of carbonyl (C=O) groups is 1. The standard InChI is InChI=1S/C17H30F3N3O/c1-13(17(18,19)20)21-8-10-22(11-9-21)14-6-5-7-23(15(14)24)12-16(2,3)4/h13-14H,5-12H2,1-4H3/t13-,14-/m1/s1. The van der Waals surface area contributed by atoms with Crippen LogP contribution in [0.4, 0.5) is 13.2 Å². The first-order valence-corrected chi connectivity index (χ1v) is 8.82. The molecule has 0 radical (unpaired) electrons. The van der Waals surface area contributed by atoms with E-state index in [4.69, 9.17) is 0 Å². The molecule has 2 heterocycles. The van der Waals surface area contributed by atoms with E-state index < -0.39 is 12.2 Å². The van der Waals surface area contributed by atoms with E-state index in [1.54, 1.807) is 0 Å². The summed E-state index contributed by atoms with van der Waals surface area (Å²) in [4.78, 5) is 18.2. The molecule has 0 aromatic heterocycles. The van der Waals surface area contributed by atoms with Gasteiger partial charge in [-0.25, -0.2) is 0 Å². The summed E-state index contributed by atoms with van der Waals surface area (Å²) >= 11 is 0. The first-order chi connectivity index (χ1) is 11.0. The lowest BCUT2D eigenvalue weighted by molar-refractivity contribution is -0.184. The number of piperidine rings is 1. The Balaban J connectivity index is 1.92. The molecule has 0 N–H and O–H groups in total. The van der Waals surface area contributed by atoms with Crippen molar-refractivity contribution in [2.24, 2.45) is 5.41 Å². The molecule has 2 aliphatic heterocycles. The largest absolute Gasteiger partial charge is 0.403 e. The molecule has 2 atom stereocenters. The quantitative estimate of drug-likeness (QED) is 0.784. The van der Waals surface area contributed by atoms with Gasteiger partial charge in [-0.1, -0.05) is 20.8 Å². The summed E-state index contributed by atoms with van der Waals surface area (Å²) in [6.07, 6.45) is -2.41. The van der Waals surface area contributed by atoms with E-state index in [1.165, 1.54) is 11.8 Å². The molecular formula is C17H30F3N3O. The van der Waals surface area contributed by atoms with Crippen LogP contribution in [-0.4, -0.2) is 78.1 Å². The number of amides is 1. The summed E-state index contributed by atoms with van der Waals surface area (Å²) in [6.45, 7) is 10.9. The highest BCUT2D eigenvalue weighted by Gasteiger charge is 2.42. The third-order valence-electron chi connectivity index (χ3n) is 4.98. The Bertz CT molecular complexity index is 439. The Morgan fingerprint density at radius 2 is 1.67 bits per heavy atom. The monoisotopic (exact) mass is 349 g/mol. The average Bonchev–Trinajstić information content (AvgIpc) is 2.47. The van der Waals surface area contributed by atoms with Crippen molar-refractivity contribution >= 4 is 5.91 Å². The summed E-state index contributed by atoms with van der Waals surface area (Å²) in [5.41, 5.74) is 0.0540. The van der Waals surface area contributed by atoms with E-state index in [1.807, 2.05) is 4.90 Å². The Labute approximate surface area is 143 Å². The predicted molar refractivity (Wildman–Crippen MR) is 87.7 cm³/mol. The molecular weight excluding hydrogens is 319 g/mol. The number of halogens is 3. The first-order valence-electron chi connectivity index (χ1n) is 8.82. The van der Waals surface area contributed by atoms with Gasteiger partial charge in [0, 0.05) is 39.3 Å². The number of carbonyl (C=O) groups excluding carboxylic acids is 1. The number of nitrogens with zero attached hydrogens (tertiary/aromatic N) is 3. The van der Waals surface area contributed by atoms with Gasteiger partial charge in [0.15, 0.2) is 0 Å². The van der Waals surface area contributed by atoms with Crippen LogP contribution in [0.3, 0.4) is 0 Å². The zero-order valence-electron chi connectivity index (χ0n) is 15.2. The van der Waals surface area contributed by atoms with Crippen LogP contribution >= 0.6 is 0 Å². The molecule has 0 aromatic rings. The fourth-order valence-electron chi connectivity index (χ4n) is 3.63. The third kappa shape index (κ3) is 4.85. The normalized spacial score (nSPS) is 26.7. The van der Waals surface area contributed by atoms with Gasteiger partial charge in [0.25, 0.3) is 0 Å². The number of hydrogen-bond acceptors (Lipinski definition) is 3. The molecule has 0 spiro atoms. The highest BCUT2D eigenvalue weighted by molar-refractivity contribution is 5.82. The van der Waals surface area contributed by atoms with E-state index in [0.717, 1.165) is 25.9 Å². The molecule has 0 aliphatic carbocycles. The van der Waals surface area contributed by atoms with Gasteiger partial charge in [-0.05, 0) is 25.2 Å². The molecule has 0 unspecified atom stereocenters. The Hall–Kier alpha value is -0.820. The number of hydrogen-bond donors (Lipinski definition) is 0. The highest BCUT2D eigenvalue weighted by Crippen LogP contribution is 2.27. The second-order valence-electron chi connectivity index (χ2n) is 8.27. The molecule has 7 heteroatoms. The van der Waals surface area contributed by atoms with Crippen molar-refractivity contribution in [1.29, 1.82) is 0 Å². The Morgan fingerprint density at radius 3 is 2.17 bits per heavy atom. The van der Waals surface area contributed by atoms with Crippen LogP contribution in [-0.2, 0) is 4.79 Å².